The fourth-order valence-electron chi connectivity index (χ4n) is 2.51. The second kappa shape index (κ2) is 8.64. The number of benzene rings is 2. The molecule has 3 aromatic rings. The SMILES string of the molecule is CCn1c(SCc2ccc(F)cc2)nnc(Nc2cccc(C(F)(F)F)c2)c1=O. The lowest BCUT2D eigenvalue weighted by Crippen LogP contribution is -2.26. The van der Waals surface area contributed by atoms with Crippen molar-refractivity contribution in [3.05, 3.63) is 75.8 Å². The summed E-state index contributed by atoms with van der Waals surface area (Å²) in [6.45, 7) is 2.05. The highest BCUT2D eigenvalue weighted by Crippen LogP contribution is 2.31. The van der Waals surface area contributed by atoms with E-state index < -0.39 is 17.3 Å². The monoisotopic (exact) mass is 424 g/mol. The number of anilines is 2. The first-order valence-electron chi connectivity index (χ1n) is 8.57. The fraction of sp³-hybridized carbons (Fsp3) is 0.211. The number of hydrogen-bond donors (Lipinski definition) is 1. The minimum absolute atomic E-state index is 0.0839. The Bertz CT molecular complexity index is 1050. The quantitative estimate of drug-likeness (QED) is 0.453. The van der Waals surface area contributed by atoms with Crippen LogP contribution in [0.25, 0.3) is 0 Å². The van der Waals surface area contributed by atoms with Gasteiger partial charge in [-0.15, -0.1) is 10.2 Å². The minimum atomic E-state index is -4.49. The van der Waals surface area contributed by atoms with Crippen LogP contribution in [-0.4, -0.2) is 14.8 Å². The Balaban J connectivity index is 1.81. The zero-order chi connectivity index (χ0) is 21.0. The predicted octanol–water partition coefficient (Wildman–Crippen LogP) is 4.85. The molecular weight excluding hydrogens is 408 g/mol. The van der Waals surface area contributed by atoms with Crippen molar-refractivity contribution in [3.8, 4) is 0 Å². The number of aromatic nitrogens is 3. The summed E-state index contributed by atoms with van der Waals surface area (Å²) < 4.78 is 52.9. The van der Waals surface area contributed by atoms with Crippen LogP contribution in [0.4, 0.5) is 29.1 Å². The summed E-state index contributed by atoms with van der Waals surface area (Å²) in [6, 6.07) is 10.4. The van der Waals surface area contributed by atoms with E-state index in [9.17, 15) is 22.4 Å². The smallest absolute Gasteiger partial charge is 0.334 e. The number of nitrogens with zero attached hydrogens (tertiary/aromatic N) is 3. The van der Waals surface area contributed by atoms with E-state index >= 15 is 0 Å². The van der Waals surface area contributed by atoms with Crippen LogP contribution in [0.2, 0.25) is 0 Å². The van der Waals surface area contributed by atoms with Crippen molar-refractivity contribution in [1.82, 2.24) is 14.8 Å². The van der Waals surface area contributed by atoms with Gasteiger partial charge >= 0.3 is 6.18 Å². The summed E-state index contributed by atoms with van der Waals surface area (Å²) >= 11 is 1.26. The molecule has 0 saturated carbocycles. The van der Waals surface area contributed by atoms with Gasteiger partial charge < -0.3 is 5.32 Å². The van der Waals surface area contributed by atoms with Gasteiger partial charge in [-0.2, -0.15) is 13.2 Å². The van der Waals surface area contributed by atoms with Crippen LogP contribution >= 0.6 is 11.8 Å². The Hall–Kier alpha value is -2.88. The van der Waals surface area contributed by atoms with E-state index in [1.54, 1.807) is 19.1 Å². The Morgan fingerprint density at radius 2 is 1.83 bits per heavy atom. The topological polar surface area (TPSA) is 59.8 Å². The maximum Gasteiger partial charge on any atom is 0.416 e. The van der Waals surface area contributed by atoms with E-state index in [4.69, 9.17) is 0 Å². The molecule has 2 aromatic carbocycles. The van der Waals surface area contributed by atoms with Gasteiger partial charge in [-0.1, -0.05) is 30.0 Å². The molecule has 1 heterocycles. The molecule has 0 bridgehead atoms. The van der Waals surface area contributed by atoms with Crippen molar-refractivity contribution in [1.29, 1.82) is 0 Å². The van der Waals surface area contributed by atoms with Crippen LogP contribution < -0.4 is 10.9 Å². The second-order valence-electron chi connectivity index (χ2n) is 6.00. The number of hydrogen-bond acceptors (Lipinski definition) is 5. The summed E-state index contributed by atoms with van der Waals surface area (Å²) in [5, 5.41) is 10.8. The maximum atomic E-state index is 13.0. The molecule has 0 aliphatic rings. The first-order valence-corrected chi connectivity index (χ1v) is 9.55. The second-order valence-corrected chi connectivity index (χ2v) is 6.94. The van der Waals surface area contributed by atoms with Crippen LogP contribution in [-0.2, 0) is 18.5 Å². The molecule has 0 spiro atoms. The Morgan fingerprint density at radius 3 is 2.48 bits per heavy atom. The third-order valence-electron chi connectivity index (χ3n) is 3.96. The first-order chi connectivity index (χ1) is 13.8. The molecule has 0 atom stereocenters. The molecule has 0 aliphatic heterocycles. The van der Waals surface area contributed by atoms with Crippen molar-refractivity contribution in [3.63, 3.8) is 0 Å². The van der Waals surface area contributed by atoms with E-state index in [2.05, 4.69) is 15.5 Å². The molecule has 1 aromatic heterocycles. The molecule has 10 heteroatoms. The summed E-state index contributed by atoms with van der Waals surface area (Å²) in [5.74, 6) is -0.0548. The van der Waals surface area contributed by atoms with Gasteiger partial charge in [0, 0.05) is 18.0 Å². The van der Waals surface area contributed by atoms with Crippen LogP contribution in [0.3, 0.4) is 0 Å². The zero-order valence-electron chi connectivity index (χ0n) is 15.2. The van der Waals surface area contributed by atoms with E-state index in [1.165, 1.54) is 40.6 Å². The highest BCUT2D eigenvalue weighted by atomic mass is 32.2. The third-order valence-corrected chi connectivity index (χ3v) is 5.00. The molecule has 3 rings (SSSR count). The van der Waals surface area contributed by atoms with E-state index in [1.807, 2.05) is 0 Å². The molecule has 0 fully saturated rings. The summed E-state index contributed by atoms with van der Waals surface area (Å²) in [7, 11) is 0. The van der Waals surface area contributed by atoms with Crippen molar-refractivity contribution in [2.24, 2.45) is 0 Å². The summed E-state index contributed by atoms with van der Waals surface area (Å²) in [6.07, 6.45) is -4.49. The molecule has 0 amide bonds. The van der Waals surface area contributed by atoms with Crippen LogP contribution in [0.1, 0.15) is 18.1 Å². The predicted molar refractivity (Wildman–Crippen MR) is 103 cm³/mol. The Kier molecular flexibility index (Phi) is 6.21. The molecular formula is C19H16F4N4OS. The van der Waals surface area contributed by atoms with Gasteiger partial charge in [-0.25, -0.2) is 4.39 Å². The Labute approximate surface area is 167 Å². The molecule has 152 valence electrons. The number of nitrogens with one attached hydrogen (secondary N) is 1. The summed E-state index contributed by atoms with van der Waals surface area (Å²) in [5.41, 5.74) is -0.403. The van der Waals surface area contributed by atoms with Crippen molar-refractivity contribution in [2.45, 2.75) is 30.6 Å². The molecule has 1 N–H and O–H groups in total. The normalized spacial score (nSPS) is 11.5. The van der Waals surface area contributed by atoms with E-state index in [0.717, 1.165) is 17.7 Å². The van der Waals surface area contributed by atoms with E-state index in [0.29, 0.717) is 17.5 Å². The van der Waals surface area contributed by atoms with Gasteiger partial charge in [0.05, 0.1) is 5.56 Å². The molecule has 5 nitrogen and oxygen atoms in total. The lowest BCUT2D eigenvalue weighted by molar-refractivity contribution is -0.137. The average Bonchev–Trinajstić information content (AvgIpc) is 2.69. The van der Waals surface area contributed by atoms with Crippen molar-refractivity contribution in [2.75, 3.05) is 5.32 Å². The Morgan fingerprint density at radius 1 is 1.10 bits per heavy atom. The largest absolute Gasteiger partial charge is 0.416 e. The molecule has 0 saturated heterocycles. The van der Waals surface area contributed by atoms with Gasteiger partial charge in [-0.05, 0) is 42.8 Å². The van der Waals surface area contributed by atoms with Gasteiger partial charge in [-0.3, -0.25) is 9.36 Å². The molecule has 0 aliphatic carbocycles. The molecule has 29 heavy (non-hydrogen) atoms. The lowest BCUT2D eigenvalue weighted by Gasteiger charge is -2.12. The average molecular weight is 424 g/mol. The van der Waals surface area contributed by atoms with Crippen LogP contribution in [0.5, 0.6) is 0 Å². The first kappa shape index (κ1) is 20.8. The van der Waals surface area contributed by atoms with Gasteiger partial charge in [0.25, 0.3) is 5.56 Å². The number of halogens is 4. The number of rotatable bonds is 6. The highest BCUT2D eigenvalue weighted by molar-refractivity contribution is 7.98. The highest BCUT2D eigenvalue weighted by Gasteiger charge is 2.30. The fourth-order valence-corrected chi connectivity index (χ4v) is 3.46. The van der Waals surface area contributed by atoms with Crippen LogP contribution in [0, 0.1) is 5.82 Å². The summed E-state index contributed by atoms with van der Waals surface area (Å²) in [4.78, 5) is 12.7. The van der Waals surface area contributed by atoms with Gasteiger partial charge in [0.1, 0.15) is 5.82 Å². The van der Waals surface area contributed by atoms with Crippen molar-refractivity contribution < 1.29 is 17.6 Å². The lowest BCUT2D eigenvalue weighted by atomic mass is 10.2. The zero-order valence-corrected chi connectivity index (χ0v) is 16.0. The van der Waals surface area contributed by atoms with E-state index in [-0.39, 0.29) is 17.3 Å². The number of thioether (sulfide) groups is 1. The third kappa shape index (κ3) is 5.14. The molecule has 0 radical (unpaired) electrons. The molecule has 0 unspecified atom stereocenters. The van der Waals surface area contributed by atoms with Gasteiger partial charge in [0.2, 0.25) is 5.82 Å². The minimum Gasteiger partial charge on any atom is -0.334 e. The maximum absolute atomic E-state index is 13.0. The van der Waals surface area contributed by atoms with Gasteiger partial charge in [0.15, 0.2) is 5.16 Å². The van der Waals surface area contributed by atoms with Crippen molar-refractivity contribution >= 4 is 23.3 Å². The standard InChI is InChI=1S/C19H16F4N4OS/c1-2-27-17(28)16(24-15-5-3-4-13(10-15)19(21,22)23)25-26-18(27)29-11-12-6-8-14(20)9-7-12/h3-10H,2,11H2,1H3,(H,24,25). The van der Waals surface area contributed by atoms with Crippen LogP contribution in [0.15, 0.2) is 58.5 Å². The number of alkyl halides is 3.